The van der Waals surface area contributed by atoms with Gasteiger partial charge in [-0.05, 0) is 36.4 Å². The third kappa shape index (κ3) is 6.90. The average Bonchev–Trinajstić information content (AvgIpc) is 2.81. The van der Waals surface area contributed by atoms with E-state index in [2.05, 4.69) is 5.32 Å². The van der Waals surface area contributed by atoms with Crippen molar-refractivity contribution in [2.45, 2.75) is 4.90 Å². The minimum absolute atomic E-state index is 0.130. The fraction of sp³-hybridized carbons (Fsp3) is 0.381. The summed E-state index contributed by atoms with van der Waals surface area (Å²) in [5.74, 6) is -0.0212. The number of anilines is 1. The zero-order chi connectivity index (χ0) is 23.9. The number of nitrogens with one attached hydrogen (secondary N) is 1. The highest BCUT2D eigenvalue weighted by molar-refractivity contribution is 7.92. The fourth-order valence-corrected chi connectivity index (χ4v) is 5.45. The van der Waals surface area contributed by atoms with E-state index in [1.54, 1.807) is 42.5 Å². The van der Waals surface area contributed by atoms with Gasteiger partial charge in [-0.15, -0.1) is 0 Å². The molecule has 0 radical (unpaired) electrons. The molecular formula is C21H27N3O7S2. The summed E-state index contributed by atoms with van der Waals surface area (Å²) in [6, 6.07) is 14.4. The van der Waals surface area contributed by atoms with Crippen molar-refractivity contribution in [1.82, 2.24) is 9.62 Å². The van der Waals surface area contributed by atoms with Gasteiger partial charge in [0, 0.05) is 13.1 Å². The van der Waals surface area contributed by atoms with Crippen molar-refractivity contribution < 1.29 is 31.1 Å². The Bertz CT molecular complexity index is 1130. The van der Waals surface area contributed by atoms with Gasteiger partial charge in [0.05, 0.1) is 36.6 Å². The summed E-state index contributed by atoms with van der Waals surface area (Å²) in [7, 11) is -7.20. The van der Waals surface area contributed by atoms with E-state index in [9.17, 15) is 21.6 Å². The number of benzene rings is 2. The molecule has 0 aromatic heterocycles. The lowest BCUT2D eigenvalue weighted by atomic mass is 10.3. The Hall–Kier alpha value is -2.67. The molecule has 180 valence electrons. The van der Waals surface area contributed by atoms with E-state index in [1.165, 1.54) is 16.4 Å². The van der Waals surface area contributed by atoms with E-state index in [0.717, 1.165) is 10.6 Å². The Labute approximate surface area is 194 Å². The summed E-state index contributed by atoms with van der Waals surface area (Å²) in [5, 5.41) is 2.62. The van der Waals surface area contributed by atoms with E-state index in [4.69, 9.17) is 9.47 Å². The smallest absolute Gasteiger partial charge is 0.243 e. The number of carbonyl (C=O) groups excluding carboxylic acids is 1. The van der Waals surface area contributed by atoms with Gasteiger partial charge in [-0.1, -0.05) is 18.2 Å². The minimum Gasteiger partial charge on any atom is -0.492 e. The van der Waals surface area contributed by atoms with Crippen molar-refractivity contribution in [2.24, 2.45) is 0 Å². The molecule has 2 aromatic carbocycles. The second-order valence-electron chi connectivity index (χ2n) is 7.29. The zero-order valence-electron chi connectivity index (χ0n) is 18.2. The normalized spacial score (nSPS) is 15.1. The maximum atomic E-state index is 12.6. The number of ether oxygens (including phenoxy) is 2. The Balaban J connectivity index is 1.48. The Morgan fingerprint density at radius 1 is 1.03 bits per heavy atom. The van der Waals surface area contributed by atoms with E-state index < -0.39 is 26.0 Å². The highest BCUT2D eigenvalue weighted by Crippen LogP contribution is 2.20. The van der Waals surface area contributed by atoms with Crippen molar-refractivity contribution in [1.29, 1.82) is 0 Å². The van der Waals surface area contributed by atoms with Crippen LogP contribution < -0.4 is 14.4 Å². The van der Waals surface area contributed by atoms with Gasteiger partial charge >= 0.3 is 0 Å². The molecule has 1 heterocycles. The van der Waals surface area contributed by atoms with Gasteiger partial charge in [-0.3, -0.25) is 9.10 Å². The number of carbonyl (C=O) groups is 1. The maximum absolute atomic E-state index is 12.6. The number of hydrogen-bond acceptors (Lipinski definition) is 7. The molecule has 10 nitrogen and oxygen atoms in total. The van der Waals surface area contributed by atoms with Crippen LogP contribution in [-0.2, 0) is 29.6 Å². The van der Waals surface area contributed by atoms with Crippen LogP contribution in [0.1, 0.15) is 0 Å². The number of sulfonamides is 2. The third-order valence-corrected chi connectivity index (χ3v) is 7.91. The SMILES string of the molecule is CS(=O)(=O)N(CC(=O)NCCOc1ccc(S(=O)(=O)N2CCOCC2)cc1)c1ccccc1. The molecule has 12 heteroatoms. The Morgan fingerprint density at radius 2 is 1.67 bits per heavy atom. The lowest BCUT2D eigenvalue weighted by Crippen LogP contribution is -2.41. The molecule has 1 aliphatic rings. The van der Waals surface area contributed by atoms with E-state index in [0.29, 0.717) is 37.7 Å². The summed E-state index contributed by atoms with van der Waals surface area (Å²) >= 11 is 0. The van der Waals surface area contributed by atoms with Crippen LogP contribution in [0.2, 0.25) is 0 Å². The molecule has 1 fully saturated rings. The van der Waals surface area contributed by atoms with Crippen molar-refractivity contribution in [3.8, 4) is 5.75 Å². The largest absolute Gasteiger partial charge is 0.492 e. The molecule has 33 heavy (non-hydrogen) atoms. The molecular weight excluding hydrogens is 470 g/mol. The van der Waals surface area contributed by atoms with Crippen LogP contribution in [-0.4, -0.2) is 79.3 Å². The van der Waals surface area contributed by atoms with Gasteiger partial charge in [-0.25, -0.2) is 16.8 Å². The number of para-hydroxylation sites is 1. The molecule has 3 rings (SSSR count). The third-order valence-electron chi connectivity index (χ3n) is 4.86. The highest BCUT2D eigenvalue weighted by atomic mass is 32.2. The number of nitrogens with zero attached hydrogens (tertiary/aromatic N) is 2. The van der Waals surface area contributed by atoms with Crippen molar-refractivity contribution >= 4 is 31.6 Å². The molecule has 1 aliphatic heterocycles. The molecule has 0 saturated carbocycles. The second kappa shape index (κ2) is 11.0. The number of amides is 1. The summed E-state index contributed by atoms with van der Waals surface area (Å²) < 4.78 is 62.5. The number of hydrogen-bond donors (Lipinski definition) is 1. The maximum Gasteiger partial charge on any atom is 0.243 e. The van der Waals surface area contributed by atoms with Gasteiger partial charge < -0.3 is 14.8 Å². The van der Waals surface area contributed by atoms with Gasteiger partial charge in [0.1, 0.15) is 18.9 Å². The quantitative estimate of drug-likeness (QED) is 0.479. The number of morpholine rings is 1. The summed E-state index contributed by atoms with van der Waals surface area (Å²) in [6.45, 7) is 1.32. The molecule has 0 bridgehead atoms. The highest BCUT2D eigenvalue weighted by Gasteiger charge is 2.26. The molecule has 1 saturated heterocycles. The zero-order valence-corrected chi connectivity index (χ0v) is 19.8. The molecule has 0 aliphatic carbocycles. The summed E-state index contributed by atoms with van der Waals surface area (Å²) in [5.41, 5.74) is 0.401. The van der Waals surface area contributed by atoms with Crippen molar-refractivity contribution in [3.63, 3.8) is 0 Å². The van der Waals surface area contributed by atoms with E-state index >= 15 is 0 Å². The summed E-state index contributed by atoms with van der Waals surface area (Å²) in [6.07, 6.45) is 1.04. The van der Waals surface area contributed by atoms with Crippen LogP contribution >= 0.6 is 0 Å². The molecule has 2 aromatic rings. The number of rotatable bonds is 10. The van der Waals surface area contributed by atoms with Crippen molar-refractivity contribution in [3.05, 3.63) is 54.6 Å². The Kier molecular flexibility index (Phi) is 8.30. The first-order chi connectivity index (χ1) is 15.7. The van der Waals surface area contributed by atoms with Crippen LogP contribution in [0.3, 0.4) is 0 Å². The van der Waals surface area contributed by atoms with Gasteiger partial charge in [0.15, 0.2) is 0 Å². The van der Waals surface area contributed by atoms with Crippen molar-refractivity contribution in [2.75, 3.05) is 56.6 Å². The lowest BCUT2D eigenvalue weighted by Gasteiger charge is -2.26. The van der Waals surface area contributed by atoms with Crippen LogP contribution in [0.15, 0.2) is 59.5 Å². The molecule has 0 unspecified atom stereocenters. The fourth-order valence-electron chi connectivity index (χ4n) is 3.18. The predicted octanol–water partition coefficient (Wildman–Crippen LogP) is 0.669. The van der Waals surface area contributed by atoms with Crippen LogP contribution in [0.4, 0.5) is 5.69 Å². The molecule has 1 N–H and O–H groups in total. The Morgan fingerprint density at radius 3 is 2.27 bits per heavy atom. The first kappa shape index (κ1) is 25.0. The van der Waals surface area contributed by atoms with E-state index in [-0.39, 0.29) is 24.6 Å². The first-order valence-electron chi connectivity index (χ1n) is 10.3. The standard InChI is InChI=1S/C21H27N3O7S2/c1-32(26,27)24(18-5-3-2-4-6-18)17-21(25)22-11-14-31-19-7-9-20(10-8-19)33(28,29)23-12-15-30-16-13-23/h2-10H,11-17H2,1H3,(H,22,25). The van der Waals surface area contributed by atoms with Gasteiger partial charge in [-0.2, -0.15) is 4.31 Å². The van der Waals surface area contributed by atoms with Crippen LogP contribution in [0.5, 0.6) is 5.75 Å². The first-order valence-corrected chi connectivity index (χ1v) is 13.6. The molecule has 0 spiro atoms. The van der Waals surface area contributed by atoms with Gasteiger partial charge in [0.25, 0.3) is 0 Å². The van der Waals surface area contributed by atoms with Crippen LogP contribution in [0, 0.1) is 0 Å². The van der Waals surface area contributed by atoms with Gasteiger partial charge in [0.2, 0.25) is 26.0 Å². The van der Waals surface area contributed by atoms with E-state index in [1.807, 2.05) is 0 Å². The van der Waals surface area contributed by atoms with Crippen LogP contribution in [0.25, 0.3) is 0 Å². The molecule has 0 atom stereocenters. The topological polar surface area (TPSA) is 122 Å². The average molecular weight is 498 g/mol. The molecule has 1 amide bonds. The lowest BCUT2D eigenvalue weighted by molar-refractivity contribution is -0.119. The second-order valence-corrected chi connectivity index (χ2v) is 11.1. The predicted molar refractivity (Wildman–Crippen MR) is 123 cm³/mol. The monoisotopic (exact) mass is 497 g/mol. The minimum atomic E-state index is -3.63. The summed E-state index contributed by atoms with van der Waals surface area (Å²) in [4.78, 5) is 12.4.